The quantitative estimate of drug-likeness (QED) is 0.0261. The van der Waals surface area contributed by atoms with Crippen LogP contribution in [0.15, 0.2) is 60.8 Å². The summed E-state index contributed by atoms with van der Waals surface area (Å²) in [5.74, 6) is -0.190. The maximum Gasteiger partial charge on any atom is 0.220 e. The Balaban J connectivity index is 2.01. The number of rotatable bonds is 53. The molecule has 73 heavy (non-hydrogen) atoms. The molecule has 1 aliphatic heterocycles. The SMILES string of the molecule is CCC/C=C/CC/C=C/CC/C=C/C(O)C(COC1OC(CO)C(O)C(O)C1O)NC(=O)CCCCCCCCCCCCCCCCCCCCCCCCCCCCC/C=C\C/C=C\CCCCCCC. The van der Waals surface area contributed by atoms with Crippen molar-refractivity contribution in [2.75, 3.05) is 13.2 Å². The van der Waals surface area contributed by atoms with Crippen molar-refractivity contribution in [3.8, 4) is 0 Å². The van der Waals surface area contributed by atoms with Crippen LogP contribution in [0.5, 0.6) is 0 Å². The van der Waals surface area contributed by atoms with Crippen molar-refractivity contribution in [2.45, 2.75) is 326 Å². The van der Waals surface area contributed by atoms with Crippen LogP contribution in [0.3, 0.4) is 0 Å². The van der Waals surface area contributed by atoms with Gasteiger partial charge in [0.1, 0.15) is 24.4 Å². The van der Waals surface area contributed by atoms with Crippen molar-refractivity contribution in [1.29, 1.82) is 0 Å². The molecule has 0 aromatic heterocycles. The first-order valence-electron chi connectivity index (χ1n) is 31.0. The van der Waals surface area contributed by atoms with Crippen molar-refractivity contribution in [3.05, 3.63) is 60.8 Å². The molecule has 1 amide bonds. The zero-order chi connectivity index (χ0) is 52.9. The molecule has 0 bridgehead atoms. The Morgan fingerprint density at radius 1 is 0.466 bits per heavy atom. The summed E-state index contributed by atoms with van der Waals surface area (Å²) in [6, 6.07) is -0.826. The van der Waals surface area contributed by atoms with Crippen LogP contribution in [-0.4, -0.2) is 87.5 Å². The van der Waals surface area contributed by atoms with Crippen LogP contribution in [0, 0.1) is 0 Å². The number of carbonyl (C=O) groups is 1. The molecular weight excluding hydrogens is 911 g/mol. The van der Waals surface area contributed by atoms with Gasteiger partial charge in [-0.1, -0.05) is 267 Å². The number of aliphatic hydroxyl groups excluding tert-OH is 5. The van der Waals surface area contributed by atoms with E-state index in [0.717, 1.165) is 64.2 Å². The number of hydrogen-bond acceptors (Lipinski definition) is 8. The fourth-order valence-electron chi connectivity index (χ4n) is 9.64. The van der Waals surface area contributed by atoms with Crippen molar-refractivity contribution < 1.29 is 39.8 Å². The first-order chi connectivity index (χ1) is 35.8. The number of aliphatic hydroxyl groups is 5. The molecule has 1 aliphatic rings. The minimum atomic E-state index is -1.57. The predicted octanol–water partition coefficient (Wildman–Crippen LogP) is 15.9. The average Bonchev–Trinajstić information content (AvgIpc) is 3.39. The molecule has 7 unspecified atom stereocenters. The third kappa shape index (κ3) is 42.7. The van der Waals surface area contributed by atoms with Gasteiger partial charge in [-0.05, 0) is 70.6 Å². The molecule has 0 aromatic rings. The van der Waals surface area contributed by atoms with Crippen molar-refractivity contribution in [2.24, 2.45) is 0 Å². The van der Waals surface area contributed by atoms with E-state index in [4.69, 9.17) is 9.47 Å². The molecule has 1 rings (SSSR count). The highest BCUT2D eigenvalue weighted by atomic mass is 16.7. The van der Waals surface area contributed by atoms with Gasteiger partial charge in [0.25, 0.3) is 0 Å². The maximum absolute atomic E-state index is 13.0. The van der Waals surface area contributed by atoms with Crippen molar-refractivity contribution in [3.63, 3.8) is 0 Å². The summed E-state index contributed by atoms with van der Waals surface area (Å²) in [6.07, 6.45) is 66.3. The highest BCUT2D eigenvalue weighted by molar-refractivity contribution is 5.76. The lowest BCUT2D eigenvalue weighted by Gasteiger charge is -2.40. The average molecular weight is 1030 g/mol. The summed E-state index contributed by atoms with van der Waals surface area (Å²) in [5.41, 5.74) is 0. The van der Waals surface area contributed by atoms with Crippen LogP contribution in [0.2, 0.25) is 0 Å². The Labute approximate surface area is 449 Å². The summed E-state index contributed by atoms with van der Waals surface area (Å²) >= 11 is 0. The number of unbranched alkanes of at least 4 members (excludes halogenated alkanes) is 35. The smallest absolute Gasteiger partial charge is 0.220 e. The van der Waals surface area contributed by atoms with E-state index in [1.54, 1.807) is 6.08 Å². The molecule has 7 atom stereocenters. The van der Waals surface area contributed by atoms with Gasteiger partial charge in [0.05, 0.1) is 25.4 Å². The maximum atomic E-state index is 13.0. The molecule has 0 aromatic carbocycles. The number of nitrogens with one attached hydrogen (secondary N) is 1. The molecule has 0 saturated carbocycles. The lowest BCUT2D eigenvalue weighted by molar-refractivity contribution is -0.302. The summed E-state index contributed by atoms with van der Waals surface area (Å²) < 4.78 is 11.2. The molecule has 1 fully saturated rings. The van der Waals surface area contributed by atoms with Gasteiger partial charge in [-0.2, -0.15) is 0 Å². The lowest BCUT2D eigenvalue weighted by Crippen LogP contribution is -2.60. The fourth-order valence-corrected chi connectivity index (χ4v) is 9.64. The van der Waals surface area contributed by atoms with Crippen LogP contribution in [0.1, 0.15) is 284 Å². The lowest BCUT2D eigenvalue weighted by atomic mass is 9.99. The van der Waals surface area contributed by atoms with E-state index in [9.17, 15) is 30.3 Å². The van der Waals surface area contributed by atoms with E-state index in [-0.39, 0.29) is 12.5 Å². The number of ether oxygens (including phenoxy) is 2. The van der Waals surface area contributed by atoms with E-state index in [1.165, 1.54) is 199 Å². The van der Waals surface area contributed by atoms with Crippen LogP contribution in [0.4, 0.5) is 0 Å². The van der Waals surface area contributed by atoms with E-state index in [1.807, 2.05) is 6.08 Å². The number of amides is 1. The summed E-state index contributed by atoms with van der Waals surface area (Å²) in [7, 11) is 0. The summed E-state index contributed by atoms with van der Waals surface area (Å²) in [4.78, 5) is 13.0. The van der Waals surface area contributed by atoms with Gasteiger partial charge >= 0.3 is 0 Å². The second-order valence-electron chi connectivity index (χ2n) is 21.5. The van der Waals surface area contributed by atoms with Gasteiger partial charge in [0.15, 0.2) is 6.29 Å². The molecule has 9 nitrogen and oxygen atoms in total. The normalized spacial score (nSPS) is 19.5. The largest absolute Gasteiger partial charge is 0.394 e. The van der Waals surface area contributed by atoms with E-state index >= 15 is 0 Å². The van der Waals surface area contributed by atoms with Gasteiger partial charge < -0.3 is 40.3 Å². The Kier molecular flexibility index (Phi) is 50.3. The highest BCUT2D eigenvalue weighted by Crippen LogP contribution is 2.23. The molecule has 0 radical (unpaired) electrons. The van der Waals surface area contributed by atoms with Crippen molar-refractivity contribution in [1.82, 2.24) is 5.32 Å². The van der Waals surface area contributed by atoms with E-state index in [2.05, 4.69) is 67.8 Å². The second-order valence-corrected chi connectivity index (χ2v) is 21.5. The number of allylic oxidation sites excluding steroid dienone is 9. The van der Waals surface area contributed by atoms with Crippen LogP contribution < -0.4 is 5.32 Å². The van der Waals surface area contributed by atoms with Crippen LogP contribution in [0.25, 0.3) is 0 Å². The molecule has 0 spiro atoms. The van der Waals surface area contributed by atoms with Gasteiger partial charge in [-0.3, -0.25) is 4.79 Å². The first-order valence-corrected chi connectivity index (χ1v) is 31.0. The zero-order valence-corrected chi connectivity index (χ0v) is 47.4. The number of carbonyl (C=O) groups excluding carboxylic acids is 1. The topological polar surface area (TPSA) is 149 Å². The van der Waals surface area contributed by atoms with Crippen LogP contribution in [-0.2, 0) is 14.3 Å². The Morgan fingerprint density at radius 2 is 0.849 bits per heavy atom. The van der Waals surface area contributed by atoms with E-state index < -0.39 is 49.5 Å². The monoisotopic (exact) mass is 1030 g/mol. The second kappa shape index (κ2) is 53.3. The van der Waals surface area contributed by atoms with Gasteiger partial charge in [0.2, 0.25) is 5.91 Å². The van der Waals surface area contributed by atoms with Gasteiger partial charge in [-0.15, -0.1) is 0 Å². The molecular formula is C64H117NO8. The molecule has 1 heterocycles. The van der Waals surface area contributed by atoms with Crippen molar-refractivity contribution >= 4 is 5.91 Å². The van der Waals surface area contributed by atoms with Gasteiger partial charge in [0, 0.05) is 6.42 Å². The Hall–Kier alpha value is -2.11. The minimum absolute atomic E-state index is 0.190. The Morgan fingerprint density at radius 3 is 1.27 bits per heavy atom. The third-order valence-corrected chi connectivity index (χ3v) is 14.5. The first kappa shape index (κ1) is 68.9. The van der Waals surface area contributed by atoms with Crippen LogP contribution >= 0.6 is 0 Å². The summed E-state index contributed by atoms with van der Waals surface area (Å²) in [6.45, 7) is 3.68. The Bertz CT molecular complexity index is 1330. The molecule has 0 aliphatic carbocycles. The van der Waals surface area contributed by atoms with Gasteiger partial charge in [-0.25, -0.2) is 0 Å². The molecule has 426 valence electrons. The molecule has 6 N–H and O–H groups in total. The zero-order valence-electron chi connectivity index (χ0n) is 47.4. The highest BCUT2D eigenvalue weighted by Gasteiger charge is 2.44. The van der Waals surface area contributed by atoms with E-state index in [0.29, 0.717) is 6.42 Å². The molecule has 9 heteroatoms. The fraction of sp³-hybridized carbons (Fsp3) is 0.828. The standard InChI is InChI=1S/C64H117NO8/c1-3-5-7-9-11-13-15-16-17-18-19-20-21-22-23-24-25-26-27-28-29-30-31-32-33-34-35-36-37-38-39-40-41-42-44-46-48-50-52-54-60(68)65-57(56-72-64-63(71)62(70)61(69)59(55-66)73-64)58(67)53-51-49-47-45-43-14-12-10-8-6-4-2/h8,10,15-16,18-19,43,45,51,53,57-59,61-64,66-67,69-71H,3-7,9,11-14,17,20-42,44,46-50,52,54-56H2,1-2H3,(H,65,68)/b10-8+,16-15-,19-18-,45-43+,53-51+. The third-order valence-electron chi connectivity index (χ3n) is 14.5. The summed E-state index contributed by atoms with van der Waals surface area (Å²) in [5, 5.41) is 54.3. The molecule has 1 saturated heterocycles. The number of hydrogen-bond donors (Lipinski definition) is 6. The minimum Gasteiger partial charge on any atom is -0.394 e. The predicted molar refractivity (Wildman–Crippen MR) is 309 cm³/mol.